The second-order valence-electron chi connectivity index (χ2n) is 4.69. The number of benzene rings is 2. The molecule has 3 aromatic rings. The van der Waals surface area contributed by atoms with Crippen LogP contribution in [0.5, 0.6) is 0 Å². The van der Waals surface area contributed by atoms with E-state index >= 15 is 0 Å². The molecule has 100 valence electrons. The minimum Gasteiger partial charge on any atom is -0.359 e. The van der Waals surface area contributed by atoms with Crippen molar-refractivity contribution in [3.8, 4) is 0 Å². The van der Waals surface area contributed by atoms with Gasteiger partial charge < -0.3 is 4.98 Å². The standard InChI is InChI=1S/C9H9N.C8H10.CH4/c1-7-6-8-4-2-3-5-9(8)10-7;1-7-3-5-8(2)6-4-7;/h2-6,10H,1H3;3-6H,1-2H3;1H4. The lowest BCUT2D eigenvalue weighted by atomic mass is 10.2. The zero-order valence-corrected chi connectivity index (χ0v) is 11.2. The molecule has 1 N–H and O–H groups in total. The number of fused-ring (bicyclic) bond motifs is 1. The van der Waals surface area contributed by atoms with Gasteiger partial charge in [0.1, 0.15) is 0 Å². The van der Waals surface area contributed by atoms with Gasteiger partial charge in [0.25, 0.3) is 0 Å². The van der Waals surface area contributed by atoms with Crippen molar-refractivity contribution in [3.05, 3.63) is 71.4 Å². The number of rotatable bonds is 0. The molecular formula is C18H23N. The van der Waals surface area contributed by atoms with E-state index < -0.39 is 0 Å². The summed E-state index contributed by atoms with van der Waals surface area (Å²) < 4.78 is 0. The lowest BCUT2D eigenvalue weighted by molar-refractivity contribution is 1.30. The second-order valence-corrected chi connectivity index (χ2v) is 4.69. The van der Waals surface area contributed by atoms with Crippen LogP contribution in [0.1, 0.15) is 24.2 Å². The Morgan fingerprint density at radius 2 is 1.26 bits per heavy atom. The van der Waals surface area contributed by atoms with Gasteiger partial charge in [0.2, 0.25) is 0 Å². The quantitative estimate of drug-likeness (QED) is 0.551. The summed E-state index contributed by atoms with van der Waals surface area (Å²) in [6.45, 7) is 6.26. The first kappa shape index (κ1) is 15.0. The minimum absolute atomic E-state index is 0. The summed E-state index contributed by atoms with van der Waals surface area (Å²) in [5.74, 6) is 0. The summed E-state index contributed by atoms with van der Waals surface area (Å²) >= 11 is 0. The third-order valence-electron chi connectivity index (χ3n) is 2.88. The molecule has 0 radical (unpaired) electrons. The number of H-pyrrole nitrogens is 1. The molecule has 0 bridgehead atoms. The molecule has 1 nitrogen and oxygen atoms in total. The molecular weight excluding hydrogens is 230 g/mol. The largest absolute Gasteiger partial charge is 0.359 e. The van der Waals surface area contributed by atoms with Crippen molar-refractivity contribution in [2.45, 2.75) is 28.2 Å². The van der Waals surface area contributed by atoms with Gasteiger partial charge in [0.15, 0.2) is 0 Å². The molecule has 0 aliphatic rings. The number of aromatic amines is 1. The maximum absolute atomic E-state index is 3.26. The Labute approximate surface area is 116 Å². The van der Waals surface area contributed by atoms with Crippen LogP contribution < -0.4 is 0 Å². The lowest BCUT2D eigenvalue weighted by Crippen LogP contribution is -1.70. The van der Waals surface area contributed by atoms with E-state index in [1.807, 2.05) is 6.07 Å². The van der Waals surface area contributed by atoms with Crippen LogP contribution in [0, 0.1) is 20.8 Å². The summed E-state index contributed by atoms with van der Waals surface area (Å²) in [6, 6.07) is 18.9. The topological polar surface area (TPSA) is 15.8 Å². The van der Waals surface area contributed by atoms with E-state index in [9.17, 15) is 0 Å². The monoisotopic (exact) mass is 253 g/mol. The zero-order chi connectivity index (χ0) is 13.0. The number of aromatic nitrogens is 1. The Morgan fingerprint density at radius 3 is 1.79 bits per heavy atom. The highest BCUT2D eigenvalue weighted by Crippen LogP contribution is 2.12. The van der Waals surface area contributed by atoms with E-state index in [1.54, 1.807) is 0 Å². The fraction of sp³-hybridized carbons (Fsp3) is 0.222. The highest BCUT2D eigenvalue weighted by Gasteiger charge is 1.92. The van der Waals surface area contributed by atoms with Gasteiger partial charge >= 0.3 is 0 Å². The van der Waals surface area contributed by atoms with Crippen molar-refractivity contribution in [2.75, 3.05) is 0 Å². The van der Waals surface area contributed by atoms with Crippen LogP contribution in [-0.4, -0.2) is 4.98 Å². The Balaban J connectivity index is 0.000000185. The van der Waals surface area contributed by atoms with E-state index in [0.717, 1.165) is 0 Å². The van der Waals surface area contributed by atoms with E-state index in [4.69, 9.17) is 0 Å². The first-order valence-electron chi connectivity index (χ1n) is 6.23. The van der Waals surface area contributed by atoms with Crippen LogP contribution in [0.25, 0.3) is 10.9 Å². The number of hydrogen-bond acceptors (Lipinski definition) is 0. The van der Waals surface area contributed by atoms with Crippen molar-refractivity contribution in [1.82, 2.24) is 4.98 Å². The SMILES string of the molecule is C.Cc1cc2ccccc2[nH]1.Cc1ccc(C)cc1. The number of nitrogens with one attached hydrogen (secondary N) is 1. The number of aryl methyl sites for hydroxylation is 3. The molecule has 3 rings (SSSR count). The molecule has 2 aromatic carbocycles. The summed E-state index contributed by atoms with van der Waals surface area (Å²) in [6.07, 6.45) is 0. The van der Waals surface area contributed by atoms with Gasteiger partial charge in [-0.15, -0.1) is 0 Å². The normalized spacial score (nSPS) is 9.42. The second kappa shape index (κ2) is 6.79. The maximum atomic E-state index is 3.26. The average molecular weight is 253 g/mol. The predicted octanol–water partition coefficient (Wildman–Crippen LogP) is 5.42. The smallest absolute Gasteiger partial charge is 0.0455 e. The molecule has 0 spiro atoms. The Bertz CT molecular complexity index is 563. The third kappa shape index (κ3) is 4.29. The van der Waals surface area contributed by atoms with Gasteiger partial charge in [-0.05, 0) is 38.3 Å². The molecule has 0 atom stereocenters. The summed E-state index contributed by atoms with van der Waals surface area (Å²) in [4.78, 5) is 3.26. The first-order valence-corrected chi connectivity index (χ1v) is 6.23. The fourth-order valence-corrected chi connectivity index (χ4v) is 1.86. The molecule has 0 saturated carbocycles. The molecule has 0 saturated heterocycles. The first-order chi connectivity index (χ1) is 8.65. The molecule has 0 aliphatic carbocycles. The van der Waals surface area contributed by atoms with Crippen LogP contribution >= 0.6 is 0 Å². The molecule has 0 fully saturated rings. The fourth-order valence-electron chi connectivity index (χ4n) is 1.86. The zero-order valence-electron chi connectivity index (χ0n) is 11.2. The van der Waals surface area contributed by atoms with E-state index in [2.05, 4.69) is 74.3 Å². The van der Waals surface area contributed by atoms with Crippen molar-refractivity contribution in [1.29, 1.82) is 0 Å². The van der Waals surface area contributed by atoms with Crippen molar-refractivity contribution < 1.29 is 0 Å². The molecule has 1 heteroatoms. The summed E-state index contributed by atoms with van der Waals surface area (Å²) in [5.41, 5.74) is 5.10. The molecule has 19 heavy (non-hydrogen) atoms. The van der Waals surface area contributed by atoms with Gasteiger partial charge in [-0.3, -0.25) is 0 Å². The van der Waals surface area contributed by atoms with Gasteiger partial charge in [0, 0.05) is 11.2 Å². The average Bonchev–Trinajstić information content (AvgIpc) is 2.74. The minimum atomic E-state index is 0. The molecule has 0 aliphatic heterocycles. The lowest BCUT2D eigenvalue weighted by Gasteiger charge is -1.90. The molecule has 0 unspecified atom stereocenters. The van der Waals surface area contributed by atoms with Crippen LogP contribution in [0.15, 0.2) is 54.6 Å². The van der Waals surface area contributed by atoms with Gasteiger partial charge in [-0.1, -0.05) is 61.0 Å². The Hall–Kier alpha value is -2.02. The van der Waals surface area contributed by atoms with E-state index in [1.165, 1.54) is 27.7 Å². The molecule has 0 amide bonds. The van der Waals surface area contributed by atoms with Crippen LogP contribution in [0.4, 0.5) is 0 Å². The third-order valence-corrected chi connectivity index (χ3v) is 2.88. The van der Waals surface area contributed by atoms with Crippen molar-refractivity contribution in [3.63, 3.8) is 0 Å². The van der Waals surface area contributed by atoms with Crippen LogP contribution in [-0.2, 0) is 0 Å². The van der Waals surface area contributed by atoms with Crippen LogP contribution in [0.2, 0.25) is 0 Å². The highest BCUT2D eigenvalue weighted by atomic mass is 14.7. The predicted molar refractivity (Wildman–Crippen MR) is 85.7 cm³/mol. The maximum Gasteiger partial charge on any atom is 0.0455 e. The van der Waals surface area contributed by atoms with Gasteiger partial charge in [-0.2, -0.15) is 0 Å². The van der Waals surface area contributed by atoms with Crippen molar-refractivity contribution in [2.24, 2.45) is 0 Å². The summed E-state index contributed by atoms with van der Waals surface area (Å²) in [7, 11) is 0. The molecule has 1 heterocycles. The van der Waals surface area contributed by atoms with E-state index in [-0.39, 0.29) is 7.43 Å². The number of hydrogen-bond donors (Lipinski definition) is 1. The van der Waals surface area contributed by atoms with Crippen LogP contribution in [0.3, 0.4) is 0 Å². The van der Waals surface area contributed by atoms with Gasteiger partial charge in [0.05, 0.1) is 0 Å². The molecule has 1 aromatic heterocycles. The number of para-hydroxylation sites is 1. The van der Waals surface area contributed by atoms with Gasteiger partial charge in [-0.25, -0.2) is 0 Å². The van der Waals surface area contributed by atoms with Crippen molar-refractivity contribution >= 4 is 10.9 Å². The Morgan fingerprint density at radius 1 is 0.737 bits per heavy atom. The van der Waals surface area contributed by atoms with E-state index in [0.29, 0.717) is 0 Å². The summed E-state index contributed by atoms with van der Waals surface area (Å²) in [5, 5.41) is 1.29. The Kier molecular flexibility index (Phi) is 5.37. The highest BCUT2D eigenvalue weighted by molar-refractivity contribution is 5.79.